The first kappa shape index (κ1) is 10.6. The van der Waals surface area contributed by atoms with Crippen LogP contribution in [0.15, 0.2) is 5.38 Å². The van der Waals surface area contributed by atoms with Crippen molar-refractivity contribution in [3.05, 3.63) is 16.1 Å². The zero-order valence-corrected chi connectivity index (χ0v) is 9.77. The van der Waals surface area contributed by atoms with Crippen LogP contribution in [-0.2, 0) is 11.2 Å². The Balaban J connectivity index is 1.68. The lowest BCUT2D eigenvalue weighted by atomic mass is 9.85. The predicted molar refractivity (Wildman–Crippen MR) is 60.9 cm³/mol. The SMILES string of the molecule is Cc1nc(CCNC(=O)C2CCC2)cs1. The van der Waals surface area contributed by atoms with Crippen molar-refractivity contribution < 1.29 is 4.79 Å². The maximum atomic E-state index is 11.5. The topological polar surface area (TPSA) is 42.0 Å². The molecule has 0 atom stereocenters. The Kier molecular flexibility index (Phi) is 3.36. The summed E-state index contributed by atoms with van der Waals surface area (Å²) in [5.74, 6) is 0.523. The van der Waals surface area contributed by atoms with Crippen LogP contribution in [0.3, 0.4) is 0 Å². The summed E-state index contributed by atoms with van der Waals surface area (Å²) in [5, 5.41) is 6.12. The molecule has 0 unspecified atom stereocenters. The van der Waals surface area contributed by atoms with E-state index in [4.69, 9.17) is 0 Å². The predicted octanol–water partition coefficient (Wildman–Crippen LogP) is 1.91. The number of carbonyl (C=O) groups is 1. The van der Waals surface area contributed by atoms with E-state index in [-0.39, 0.29) is 5.91 Å². The minimum Gasteiger partial charge on any atom is -0.355 e. The first-order chi connectivity index (χ1) is 7.25. The lowest BCUT2D eigenvalue weighted by Crippen LogP contribution is -2.35. The zero-order chi connectivity index (χ0) is 10.7. The summed E-state index contributed by atoms with van der Waals surface area (Å²) < 4.78 is 0. The molecule has 1 aliphatic rings. The zero-order valence-electron chi connectivity index (χ0n) is 8.95. The fourth-order valence-corrected chi connectivity index (χ4v) is 2.30. The van der Waals surface area contributed by atoms with E-state index in [2.05, 4.69) is 15.7 Å². The lowest BCUT2D eigenvalue weighted by molar-refractivity contribution is -0.127. The number of nitrogens with one attached hydrogen (secondary N) is 1. The van der Waals surface area contributed by atoms with Gasteiger partial charge in [0.2, 0.25) is 5.91 Å². The number of hydrogen-bond donors (Lipinski definition) is 1. The molecule has 1 aromatic heterocycles. The molecule has 3 nitrogen and oxygen atoms in total. The molecule has 1 saturated carbocycles. The van der Waals surface area contributed by atoms with E-state index in [0.29, 0.717) is 5.92 Å². The molecule has 0 bridgehead atoms. The molecule has 0 radical (unpaired) electrons. The number of amides is 1. The molecule has 1 heterocycles. The molecule has 0 saturated heterocycles. The molecule has 0 aliphatic heterocycles. The van der Waals surface area contributed by atoms with Gasteiger partial charge >= 0.3 is 0 Å². The van der Waals surface area contributed by atoms with Crippen LogP contribution < -0.4 is 5.32 Å². The van der Waals surface area contributed by atoms with Gasteiger partial charge in [-0.1, -0.05) is 6.42 Å². The van der Waals surface area contributed by atoms with Crippen LogP contribution in [0, 0.1) is 12.8 Å². The van der Waals surface area contributed by atoms with Gasteiger partial charge in [-0.15, -0.1) is 11.3 Å². The second-order valence-corrected chi connectivity index (χ2v) is 5.09. The second-order valence-electron chi connectivity index (χ2n) is 4.03. The highest BCUT2D eigenvalue weighted by molar-refractivity contribution is 7.09. The monoisotopic (exact) mass is 224 g/mol. The maximum absolute atomic E-state index is 11.5. The molecule has 4 heteroatoms. The summed E-state index contributed by atoms with van der Waals surface area (Å²) >= 11 is 1.66. The van der Waals surface area contributed by atoms with E-state index in [1.54, 1.807) is 11.3 Å². The average Bonchev–Trinajstić information content (AvgIpc) is 2.48. The Morgan fingerprint density at radius 2 is 2.47 bits per heavy atom. The first-order valence-electron chi connectivity index (χ1n) is 5.44. The van der Waals surface area contributed by atoms with Crippen molar-refractivity contribution in [1.82, 2.24) is 10.3 Å². The van der Waals surface area contributed by atoms with Gasteiger partial charge in [-0.3, -0.25) is 4.79 Å². The summed E-state index contributed by atoms with van der Waals surface area (Å²) in [6.45, 7) is 2.72. The van der Waals surface area contributed by atoms with E-state index in [1.807, 2.05) is 6.92 Å². The van der Waals surface area contributed by atoms with Crippen molar-refractivity contribution in [2.75, 3.05) is 6.54 Å². The summed E-state index contributed by atoms with van der Waals surface area (Å²) in [4.78, 5) is 15.8. The Morgan fingerprint density at radius 1 is 1.67 bits per heavy atom. The number of rotatable bonds is 4. The van der Waals surface area contributed by atoms with Gasteiger partial charge < -0.3 is 5.32 Å². The number of thiazole rings is 1. The Labute approximate surface area is 93.9 Å². The Bertz CT molecular complexity index is 344. The van der Waals surface area contributed by atoms with Gasteiger partial charge in [-0.2, -0.15) is 0 Å². The Hall–Kier alpha value is -0.900. The smallest absolute Gasteiger partial charge is 0.223 e. The van der Waals surface area contributed by atoms with Crippen molar-refractivity contribution >= 4 is 17.2 Å². The maximum Gasteiger partial charge on any atom is 0.223 e. The number of aromatic nitrogens is 1. The third-order valence-corrected chi connectivity index (χ3v) is 3.65. The standard InChI is InChI=1S/C11H16N2OS/c1-8-13-10(7-15-8)5-6-12-11(14)9-3-2-4-9/h7,9H,2-6H2,1H3,(H,12,14). The largest absolute Gasteiger partial charge is 0.355 e. The highest BCUT2D eigenvalue weighted by Crippen LogP contribution is 2.26. The van der Waals surface area contributed by atoms with Crippen molar-refractivity contribution in [3.63, 3.8) is 0 Å². The van der Waals surface area contributed by atoms with Gasteiger partial charge in [0.25, 0.3) is 0 Å². The molecule has 1 N–H and O–H groups in total. The van der Waals surface area contributed by atoms with Crippen LogP contribution in [0.2, 0.25) is 0 Å². The van der Waals surface area contributed by atoms with Crippen LogP contribution in [0.4, 0.5) is 0 Å². The van der Waals surface area contributed by atoms with Crippen molar-refractivity contribution in [2.45, 2.75) is 32.6 Å². The second kappa shape index (κ2) is 4.75. The van der Waals surface area contributed by atoms with Crippen LogP contribution >= 0.6 is 11.3 Å². The molecule has 82 valence electrons. The summed E-state index contributed by atoms with van der Waals surface area (Å²) in [7, 11) is 0. The van der Waals surface area contributed by atoms with E-state index in [1.165, 1.54) is 6.42 Å². The van der Waals surface area contributed by atoms with Gasteiger partial charge in [0.1, 0.15) is 0 Å². The van der Waals surface area contributed by atoms with E-state index < -0.39 is 0 Å². The molecule has 2 rings (SSSR count). The molecule has 1 amide bonds. The van der Waals surface area contributed by atoms with Crippen LogP contribution in [0.25, 0.3) is 0 Å². The van der Waals surface area contributed by atoms with Gasteiger partial charge in [0, 0.05) is 24.3 Å². The fraction of sp³-hybridized carbons (Fsp3) is 0.636. The quantitative estimate of drug-likeness (QED) is 0.849. The Morgan fingerprint density at radius 3 is 3.00 bits per heavy atom. The minimum absolute atomic E-state index is 0.230. The minimum atomic E-state index is 0.230. The van der Waals surface area contributed by atoms with Crippen LogP contribution in [0.1, 0.15) is 30.0 Å². The summed E-state index contributed by atoms with van der Waals surface area (Å²) in [5.41, 5.74) is 1.09. The highest BCUT2D eigenvalue weighted by atomic mass is 32.1. The van der Waals surface area contributed by atoms with Gasteiger partial charge in [-0.05, 0) is 19.8 Å². The van der Waals surface area contributed by atoms with E-state index >= 15 is 0 Å². The third-order valence-electron chi connectivity index (χ3n) is 2.82. The number of nitrogens with zero attached hydrogens (tertiary/aromatic N) is 1. The van der Waals surface area contributed by atoms with Crippen molar-refractivity contribution in [3.8, 4) is 0 Å². The van der Waals surface area contributed by atoms with Gasteiger partial charge in [0.15, 0.2) is 0 Å². The normalized spacial score (nSPS) is 16.1. The molecule has 1 fully saturated rings. The molecule has 1 aromatic rings. The van der Waals surface area contributed by atoms with Crippen molar-refractivity contribution in [1.29, 1.82) is 0 Å². The molecule has 0 spiro atoms. The van der Waals surface area contributed by atoms with E-state index in [0.717, 1.165) is 36.5 Å². The van der Waals surface area contributed by atoms with Gasteiger partial charge in [0.05, 0.1) is 10.7 Å². The fourth-order valence-electron chi connectivity index (χ4n) is 1.65. The molecule has 15 heavy (non-hydrogen) atoms. The molecule has 0 aromatic carbocycles. The highest BCUT2D eigenvalue weighted by Gasteiger charge is 2.24. The third kappa shape index (κ3) is 2.78. The number of carbonyl (C=O) groups excluding carboxylic acids is 1. The van der Waals surface area contributed by atoms with Crippen LogP contribution in [0.5, 0.6) is 0 Å². The van der Waals surface area contributed by atoms with E-state index in [9.17, 15) is 4.79 Å². The van der Waals surface area contributed by atoms with Gasteiger partial charge in [-0.25, -0.2) is 4.98 Å². The summed E-state index contributed by atoms with van der Waals surface area (Å²) in [6.07, 6.45) is 4.20. The molecule has 1 aliphatic carbocycles. The number of hydrogen-bond acceptors (Lipinski definition) is 3. The lowest BCUT2D eigenvalue weighted by Gasteiger charge is -2.23. The van der Waals surface area contributed by atoms with Crippen LogP contribution in [-0.4, -0.2) is 17.4 Å². The van der Waals surface area contributed by atoms with Crippen molar-refractivity contribution in [2.24, 2.45) is 5.92 Å². The summed E-state index contributed by atoms with van der Waals surface area (Å²) in [6, 6.07) is 0. The number of aryl methyl sites for hydroxylation is 1. The average molecular weight is 224 g/mol. The molecular formula is C11H16N2OS. The molecular weight excluding hydrogens is 208 g/mol. The first-order valence-corrected chi connectivity index (χ1v) is 6.32.